The number of benzene rings is 2. The predicted octanol–water partition coefficient (Wildman–Crippen LogP) is 3.27. The van der Waals surface area contributed by atoms with Crippen molar-refractivity contribution in [1.82, 2.24) is 0 Å². The molecule has 0 radical (unpaired) electrons. The molecule has 24 heavy (non-hydrogen) atoms. The molecule has 2 aromatic carbocycles. The number of aliphatic hydroxyl groups is 1. The van der Waals surface area contributed by atoms with Gasteiger partial charge in [0, 0.05) is 25.0 Å². The Bertz CT molecular complexity index is 748. The smallest absolute Gasteiger partial charge is 0.227 e. The number of amides is 1. The van der Waals surface area contributed by atoms with E-state index in [-0.39, 0.29) is 12.3 Å². The topological polar surface area (TPSA) is 52.6 Å². The van der Waals surface area contributed by atoms with E-state index in [0.29, 0.717) is 5.56 Å². The van der Waals surface area contributed by atoms with Gasteiger partial charge in [0.2, 0.25) is 5.91 Å². The van der Waals surface area contributed by atoms with Gasteiger partial charge in [-0.15, -0.1) is 0 Å². The number of anilines is 2. The van der Waals surface area contributed by atoms with E-state index >= 15 is 0 Å². The van der Waals surface area contributed by atoms with Gasteiger partial charge in [-0.25, -0.2) is 4.39 Å². The highest BCUT2D eigenvalue weighted by atomic mass is 19.1. The van der Waals surface area contributed by atoms with Crippen LogP contribution < -0.4 is 10.2 Å². The summed E-state index contributed by atoms with van der Waals surface area (Å²) < 4.78 is 13.2. The molecule has 4 nitrogen and oxygen atoms in total. The summed E-state index contributed by atoms with van der Waals surface area (Å²) in [5.74, 6) is -0.721. The van der Waals surface area contributed by atoms with Gasteiger partial charge in [-0.3, -0.25) is 4.79 Å². The summed E-state index contributed by atoms with van der Waals surface area (Å²) >= 11 is 0. The number of halogens is 1. The van der Waals surface area contributed by atoms with Gasteiger partial charge in [-0.05, 0) is 54.3 Å². The van der Waals surface area contributed by atoms with Crippen molar-refractivity contribution in [2.24, 2.45) is 0 Å². The first-order chi connectivity index (χ1) is 11.5. The highest BCUT2D eigenvalue weighted by Gasteiger charge is 2.16. The zero-order chi connectivity index (χ0) is 17.1. The number of nitrogens with one attached hydrogen (secondary N) is 1. The van der Waals surface area contributed by atoms with E-state index in [1.165, 1.54) is 29.4 Å². The molecule has 1 heterocycles. The molecular weight excluding hydrogens is 307 g/mol. The molecule has 2 N–H and O–H groups in total. The highest BCUT2D eigenvalue weighted by molar-refractivity contribution is 5.91. The Morgan fingerprint density at radius 3 is 2.96 bits per heavy atom. The molecular formula is C19H21FN2O2. The van der Waals surface area contributed by atoms with E-state index in [4.69, 9.17) is 0 Å². The Labute approximate surface area is 140 Å². The Hall–Kier alpha value is -2.40. The minimum Gasteiger partial charge on any atom is -0.388 e. The molecule has 0 bridgehead atoms. The van der Waals surface area contributed by atoms with Crippen LogP contribution in [0, 0.1) is 5.82 Å². The molecule has 1 aliphatic rings. The highest BCUT2D eigenvalue weighted by Crippen LogP contribution is 2.28. The molecule has 3 rings (SSSR count). The van der Waals surface area contributed by atoms with Gasteiger partial charge in [-0.1, -0.05) is 12.1 Å². The maximum atomic E-state index is 13.2. The third-order valence-corrected chi connectivity index (χ3v) is 4.33. The zero-order valence-corrected chi connectivity index (χ0v) is 13.6. The minimum atomic E-state index is -1.02. The Morgan fingerprint density at radius 1 is 1.33 bits per heavy atom. The van der Waals surface area contributed by atoms with Gasteiger partial charge < -0.3 is 15.3 Å². The van der Waals surface area contributed by atoms with E-state index < -0.39 is 11.9 Å². The number of carbonyl (C=O) groups excluding carboxylic acids is 1. The summed E-state index contributed by atoms with van der Waals surface area (Å²) in [6, 6.07) is 11.5. The van der Waals surface area contributed by atoms with Crippen molar-refractivity contribution in [3.63, 3.8) is 0 Å². The lowest BCUT2D eigenvalue weighted by molar-refractivity contribution is -0.118. The van der Waals surface area contributed by atoms with Gasteiger partial charge in [-0.2, -0.15) is 0 Å². The van der Waals surface area contributed by atoms with Crippen LogP contribution in [0.15, 0.2) is 42.5 Å². The molecule has 0 saturated carbocycles. The molecule has 1 amide bonds. The van der Waals surface area contributed by atoms with Crippen molar-refractivity contribution in [3.8, 4) is 0 Å². The SMILES string of the molecule is CN1CCCc2cc(NC(=O)CC(O)c3cccc(F)c3)ccc21. The number of rotatable bonds is 4. The van der Waals surface area contributed by atoms with E-state index in [2.05, 4.69) is 17.3 Å². The molecule has 0 spiro atoms. The summed E-state index contributed by atoms with van der Waals surface area (Å²) in [5, 5.41) is 12.9. The number of aliphatic hydroxyl groups excluding tert-OH is 1. The molecule has 5 heteroatoms. The monoisotopic (exact) mass is 328 g/mol. The maximum absolute atomic E-state index is 13.2. The van der Waals surface area contributed by atoms with E-state index in [0.717, 1.165) is 25.1 Å². The van der Waals surface area contributed by atoms with Gasteiger partial charge in [0.05, 0.1) is 12.5 Å². The van der Waals surface area contributed by atoms with Gasteiger partial charge in [0.15, 0.2) is 0 Å². The first-order valence-electron chi connectivity index (χ1n) is 8.10. The normalized spacial score (nSPS) is 14.9. The van der Waals surface area contributed by atoms with Crippen LogP contribution in [0.4, 0.5) is 15.8 Å². The minimum absolute atomic E-state index is 0.111. The number of aryl methyl sites for hydroxylation is 1. The third-order valence-electron chi connectivity index (χ3n) is 4.33. The fourth-order valence-corrected chi connectivity index (χ4v) is 3.08. The van der Waals surface area contributed by atoms with Crippen molar-refractivity contribution in [3.05, 3.63) is 59.4 Å². The third kappa shape index (κ3) is 3.74. The fraction of sp³-hybridized carbons (Fsp3) is 0.316. The molecule has 0 aliphatic carbocycles. The molecule has 126 valence electrons. The maximum Gasteiger partial charge on any atom is 0.227 e. The van der Waals surface area contributed by atoms with Crippen molar-refractivity contribution in [2.75, 3.05) is 23.8 Å². The van der Waals surface area contributed by atoms with Crippen LogP contribution in [0.2, 0.25) is 0 Å². The Balaban J connectivity index is 1.65. The second kappa shape index (κ2) is 7.01. The molecule has 1 unspecified atom stereocenters. The molecule has 0 fully saturated rings. The summed E-state index contributed by atoms with van der Waals surface area (Å²) in [6.45, 7) is 1.04. The Morgan fingerprint density at radius 2 is 2.17 bits per heavy atom. The van der Waals surface area contributed by atoms with E-state index in [9.17, 15) is 14.3 Å². The van der Waals surface area contributed by atoms with Crippen molar-refractivity contribution >= 4 is 17.3 Å². The first-order valence-corrected chi connectivity index (χ1v) is 8.10. The number of hydrogen-bond acceptors (Lipinski definition) is 3. The summed E-state index contributed by atoms with van der Waals surface area (Å²) in [7, 11) is 2.06. The van der Waals surface area contributed by atoms with Crippen LogP contribution in [0.5, 0.6) is 0 Å². The molecule has 0 saturated heterocycles. The van der Waals surface area contributed by atoms with Crippen molar-refractivity contribution in [2.45, 2.75) is 25.4 Å². The predicted molar refractivity (Wildman–Crippen MR) is 92.6 cm³/mol. The fourth-order valence-electron chi connectivity index (χ4n) is 3.08. The van der Waals surface area contributed by atoms with Crippen LogP contribution in [-0.2, 0) is 11.2 Å². The summed E-state index contributed by atoms with van der Waals surface area (Å²) in [4.78, 5) is 14.3. The second-order valence-corrected chi connectivity index (χ2v) is 6.19. The van der Waals surface area contributed by atoms with E-state index in [1.54, 1.807) is 6.07 Å². The number of hydrogen-bond donors (Lipinski definition) is 2. The van der Waals surface area contributed by atoms with Crippen LogP contribution in [0.3, 0.4) is 0 Å². The van der Waals surface area contributed by atoms with Crippen molar-refractivity contribution < 1.29 is 14.3 Å². The summed E-state index contributed by atoms with van der Waals surface area (Å²) in [5.41, 5.74) is 3.53. The van der Waals surface area contributed by atoms with Crippen LogP contribution in [0.25, 0.3) is 0 Å². The molecule has 1 atom stereocenters. The van der Waals surface area contributed by atoms with E-state index in [1.807, 2.05) is 18.2 Å². The number of carbonyl (C=O) groups is 1. The zero-order valence-electron chi connectivity index (χ0n) is 13.6. The lowest BCUT2D eigenvalue weighted by Crippen LogP contribution is -2.24. The lowest BCUT2D eigenvalue weighted by atomic mass is 10.0. The first kappa shape index (κ1) is 16.5. The van der Waals surface area contributed by atoms with Crippen LogP contribution in [-0.4, -0.2) is 24.6 Å². The Kier molecular flexibility index (Phi) is 4.81. The van der Waals surface area contributed by atoms with Crippen molar-refractivity contribution in [1.29, 1.82) is 0 Å². The lowest BCUT2D eigenvalue weighted by Gasteiger charge is -2.27. The van der Waals surface area contributed by atoms with Gasteiger partial charge >= 0.3 is 0 Å². The van der Waals surface area contributed by atoms with Gasteiger partial charge in [0.1, 0.15) is 5.82 Å². The number of fused-ring (bicyclic) bond motifs is 1. The number of nitrogens with zero attached hydrogens (tertiary/aromatic N) is 1. The molecule has 2 aromatic rings. The average molecular weight is 328 g/mol. The van der Waals surface area contributed by atoms with Crippen LogP contribution in [0.1, 0.15) is 30.1 Å². The average Bonchev–Trinajstić information content (AvgIpc) is 2.55. The quantitative estimate of drug-likeness (QED) is 0.906. The van der Waals surface area contributed by atoms with Crippen LogP contribution >= 0.6 is 0 Å². The molecule has 1 aliphatic heterocycles. The second-order valence-electron chi connectivity index (χ2n) is 6.19. The molecule has 0 aromatic heterocycles. The summed E-state index contributed by atoms with van der Waals surface area (Å²) in [6.07, 6.45) is 0.957. The van der Waals surface area contributed by atoms with Gasteiger partial charge in [0.25, 0.3) is 0 Å². The largest absolute Gasteiger partial charge is 0.388 e. The standard InChI is InChI=1S/C19H21FN2O2/c1-22-9-3-5-13-11-16(7-8-17(13)22)21-19(24)12-18(23)14-4-2-6-15(20)10-14/h2,4,6-8,10-11,18,23H,3,5,9,12H2,1H3,(H,21,24).